The fourth-order valence-corrected chi connectivity index (χ4v) is 3.22. The Kier molecular flexibility index (Phi) is 5.78. The maximum atomic E-state index is 12.5. The van der Waals surface area contributed by atoms with E-state index < -0.39 is 22.7 Å². The van der Waals surface area contributed by atoms with E-state index in [9.17, 15) is 19.7 Å². The van der Waals surface area contributed by atoms with Crippen LogP contribution in [0.15, 0.2) is 12.1 Å². The number of benzene rings is 1. The van der Waals surface area contributed by atoms with E-state index in [2.05, 4.69) is 0 Å². The first-order valence-electron chi connectivity index (χ1n) is 9.05. The van der Waals surface area contributed by atoms with Gasteiger partial charge in [-0.25, -0.2) is 4.79 Å². The fourth-order valence-electron chi connectivity index (χ4n) is 3.22. The van der Waals surface area contributed by atoms with Crippen LogP contribution in [0.4, 0.5) is 5.69 Å². The van der Waals surface area contributed by atoms with Crippen molar-refractivity contribution in [1.82, 2.24) is 4.90 Å². The van der Waals surface area contributed by atoms with Crippen LogP contribution < -0.4 is 9.47 Å². The van der Waals surface area contributed by atoms with Crippen LogP contribution >= 0.6 is 0 Å². The summed E-state index contributed by atoms with van der Waals surface area (Å²) in [4.78, 5) is 37.4. The number of hydrogen-bond acceptors (Lipinski definition) is 7. The van der Waals surface area contributed by atoms with Gasteiger partial charge in [0, 0.05) is 19.2 Å². The average molecular weight is 378 g/mol. The van der Waals surface area contributed by atoms with Crippen LogP contribution in [0.3, 0.4) is 0 Å². The van der Waals surface area contributed by atoms with E-state index in [1.165, 1.54) is 13.0 Å². The van der Waals surface area contributed by atoms with Gasteiger partial charge in [0.05, 0.1) is 11.0 Å². The van der Waals surface area contributed by atoms with Crippen molar-refractivity contribution in [3.8, 4) is 11.5 Å². The molecular formula is C18H22N2O7. The first-order chi connectivity index (χ1) is 13.0. The van der Waals surface area contributed by atoms with Crippen LogP contribution in [0.25, 0.3) is 0 Å². The quantitative estimate of drug-likeness (QED) is 0.449. The number of esters is 1. The van der Waals surface area contributed by atoms with E-state index in [0.717, 1.165) is 31.7 Å². The zero-order valence-corrected chi connectivity index (χ0v) is 15.1. The van der Waals surface area contributed by atoms with Gasteiger partial charge in [-0.2, -0.15) is 0 Å². The van der Waals surface area contributed by atoms with Gasteiger partial charge in [-0.3, -0.25) is 14.9 Å². The molecule has 1 atom stereocenters. The van der Waals surface area contributed by atoms with Gasteiger partial charge < -0.3 is 19.1 Å². The summed E-state index contributed by atoms with van der Waals surface area (Å²) in [5.74, 6) is -0.775. The SMILES string of the molecule is C[C@@H](OC(=O)c1cc2c(cc1[N+](=O)[O-])OCCO2)C(=O)N1CCCCCC1. The minimum atomic E-state index is -1.02. The topological polar surface area (TPSA) is 108 Å². The highest BCUT2D eigenvalue weighted by Gasteiger charge is 2.31. The third-order valence-corrected chi connectivity index (χ3v) is 4.63. The van der Waals surface area contributed by atoms with Gasteiger partial charge in [-0.1, -0.05) is 12.8 Å². The number of nitrogens with zero attached hydrogens (tertiary/aromatic N) is 2. The summed E-state index contributed by atoms with van der Waals surface area (Å²) in [6, 6.07) is 2.38. The van der Waals surface area contributed by atoms with Crippen LogP contribution in [0, 0.1) is 10.1 Å². The number of hydrogen-bond donors (Lipinski definition) is 0. The molecule has 1 amide bonds. The predicted molar refractivity (Wildman–Crippen MR) is 94.0 cm³/mol. The summed E-state index contributed by atoms with van der Waals surface area (Å²) < 4.78 is 15.9. The molecule has 1 saturated heterocycles. The second kappa shape index (κ2) is 8.24. The van der Waals surface area contributed by atoms with Crippen molar-refractivity contribution < 1.29 is 28.7 Å². The molecule has 0 aliphatic carbocycles. The van der Waals surface area contributed by atoms with Crippen LogP contribution in [0.1, 0.15) is 43.0 Å². The highest BCUT2D eigenvalue weighted by atomic mass is 16.6. The molecule has 0 N–H and O–H groups in total. The Morgan fingerprint density at radius 1 is 1.11 bits per heavy atom. The number of amides is 1. The molecular weight excluding hydrogens is 356 g/mol. The minimum Gasteiger partial charge on any atom is -0.486 e. The van der Waals surface area contributed by atoms with Crippen molar-refractivity contribution in [2.45, 2.75) is 38.7 Å². The molecule has 2 aliphatic heterocycles. The molecule has 146 valence electrons. The summed E-state index contributed by atoms with van der Waals surface area (Å²) in [5, 5.41) is 11.3. The highest BCUT2D eigenvalue weighted by Crippen LogP contribution is 2.37. The number of likely N-dealkylation sites (tertiary alicyclic amines) is 1. The predicted octanol–water partition coefficient (Wildman–Crippen LogP) is 2.31. The largest absolute Gasteiger partial charge is 0.486 e. The second-order valence-corrected chi connectivity index (χ2v) is 6.56. The molecule has 0 aromatic heterocycles. The standard InChI is InChI=1S/C18H22N2O7/c1-12(17(21)19-6-4-2-3-5-7-19)27-18(22)13-10-15-16(26-9-8-25-15)11-14(13)20(23)24/h10-12H,2-9H2,1H3/t12-/m1/s1. The maximum Gasteiger partial charge on any atom is 0.346 e. The Bertz CT molecular complexity index is 741. The van der Waals surface area contributed by atoms with Crippen molar-refractivity contribution in [1.29, 1.82) is 0 Å². The molecule has 0 unspecified atom stereocenters. The summed E-state index contributed by atoms with van der Waals surface area (Å²) in [6.07, 6.45) is 2.95. The molecule has 27 heavy (non-hydrogen) atoms. The Balaban J connectivity index is 1.76. The van der Waals surface area contributed by atoms with E-state index in [0.29, 0.717) is 13.1 Å². The molecule has 9 heteroatoms. The van der Waals surface area contributed by atoms with Gasteiger partial charge in [0.15, 0.2) is 17.6 Å². The van der Waals surface area contributed by atoms with E-state index in [1.807, 2.05) is 0 Å². The van der Waals surface area contributed by atoms with Crippen LogP contribution in [-0.4, -0.2) is 54.1 Å². The number of nitro benzene ring substituents is 1. The summed E-state index contributed by atoms with van der Waals surface area (Å²) in [7, 11) is 0. The van der Waals surface area contributed by atoms with Gasteiger partial charge in [-0.05, 0) is 19.8 Å². The van der Waals surface area contributed by atoms with Crippen LogP contribution in [0.5, 0.6) is 11.5 Å². The molecule has 3 rings (SSSR count). The minimum absolute atomic E-state index is 0.207. The van der Waals surface area contributed by atoms with Crippen molar-refractivity contribution in [3.05, 3.63) is 27.8 Å². The highest BCUT2D eigenvalue weighted by molar-refractivity contribution is 5.96. The number of rotatable bonds is 4. The summed E-state index contributed by atoms with van der Waals surface area (Å²) in [5.41, 5.74) is -0.710. The number of ether oxygens (including phenoxy) is 3. The summed E-state index contributed by atoms with van der Waals surface area (Å²) in [6.45, 7) is 3.29. The van der Waals surface area contributed by atoms with Crippen molar-refractivity contribution in [2.75, 3.05) is 26.3 Å². The monoisotopic (exact) mass is 378 g/mol. The zero-order chi connectivity index (χ0) is 19.4. The van der Waals surface area contributed by atoms with Gasteiger partial charge >= 0.3 is 5.97 Å². The third-order valence-electron chi connectivity index (χ3n) is 4.63. The first-order valence-corrected chi connectivity index (χ1v) is 9.05. The summed E-state index contributed by atoms with van der Waals surface area (Å²) >= 11 is 0. The molecule has 0 radical (unpaired) electrons. The van der Waals surface area contributed by atoms with E-state index in [1.54, 1.807) is 4.90 Å². The smallest absolute Gasteiger partial charge is 0.346 e. The Labute approximate surface area is 156 Å². The maximum absolute atomic E-state index is 12.5. The van der Waals surface area contributed by atoms with E-state index in [4.69, 9.17) is 14.2 Å². The second-order valence-electron chi connectivity index (χ2n) is 6.56. The first kappa shape index (κ1) is 18.9. The van der Waals surface area contributed by atoms with Crippen molar-refractivity contribution >= 4 is 17.6 Å². The lowest BCUT2D eigenvalue weighted by Crippen LogP contribution is -2.40. The Morgan fingerprint density at radius 3 is 2.30 bits per heavy atom. The number of nitro groups is 1. The lowest BCUT2D eigenvalue weighted by atomic mass is 10.1. The molecule has 0 bridgehead atoms. The van der Waals surface area contributed by atoms with Crippen LogP contribution in [-0.2, 0) is 9.53 Å². The number of carbonyl (C=O) groups is 2. The third kappa shape index (κ3) is 4.29. The lowest BCUT2D eigenvalue weighted by molar-refractivity contribution is -0.385. The lowest BCUT2D eigenvalue weighted by Gasteiger charge is -2.24. The van der Waals surface area contributed by atoms with Gasteiger partial charge in [-0.15, -0.1) is 0 Å². The van der Waals surface area contributed by atoms with Crippen molar-refractivity contribution in [2.24, 2.45) is 0 Å². The normalized spacial score (nSPS) is 17.6. The average Bonchev–Trinajstić information content (AvgIpc) is 2.95. The van der Waals surface area contributed by atoms with Crippen molar-refractivity contribution in [3.63, 3.8) is 0 Å². The number of carbonyl (C=O) groups excluding carboxylic acids is 2. The molecule has 2 heterocycles. The zero-order valence-electron chi connectivity index (χ0n) is 15.1. The van der Waals surface area contributed by atoms with E-state index in [-0.39, 0.29) is 36.2 Å². The molecule has 0 spiro atoms. The van der Waals surface area contributed by atoms with Gasteiger partial charge in [0.2, 0.25) is 0 Å². The van der Waals surface area contributed by atoms with Crippen LogP contribution in [0.2, 0.25) is 0 Å². The molecule has 1 fully saturated rings. The Morgan fingerprint density at radius 2 is 1.70 bits per heavy atom. The van der Waals surface area contributed by atoms with Gasteiger partial charge in [0.1, 0.15) is 18.8 Å². The number of fused-ring (bicyclic) bond motifs is 1. The molecule has 1 aromatic carbocycles. The molecule has 9 nitrogen and oxygen atoms in total. The molecule has 2 aliphatic rings. The molecule has 1 aromatic rings. The van der Waals surface area contributed by atoms with Gasteiger partial charge in [0.25, 0.3) is 11.6 Å². The Hall–Kier alpha value is -2.84. The molecule has 0 saturated carbocycles. The fraction of sp³-hybridized carbons (Fsp3) is 0.556. The van der Waals surface area contributed by atoms with E-state index >= 15 is 0 Å².